The minimum Gasteiger partial charge on any atom is -0.490 e. The molecule has 0 radical (unpaired) electrons. The van der Waals surface area contributed by atoms with E-state index in [4.69, 9.17) is 9.84 Å². The third kappa shape index (κ3) is 6.60. The van der Waals surface area contributed by atoms with Crippen LogP contribution in [0.15, 0.2) is 48.5 Å². The van der Waals surface area contributed by atoms with Crippen LogP contribution in [0.25, 0.3) is 11.1 Å². The van der Waals surface area contributed by atoms with Gasteiger partial charge in [0.15, 0.2) is 0 Å². The number of carboxylic acid groups (broad SMARTS) is 1. The highest BCUT2D eigenvalue weighted by molar-refractivity contribution is 5.67. The first-order chi connectivity index (χ1) is 14.3. The van der Waals surface area contributed by atoms with E-state index < -0.39 is 5.97 Å². The Balaban J connectivity index is 1.49. The van der Waals surface area contributed by atoms with Gasteiger partial charge in [0, 0.05) is 13.1 Å². The van der Waals surface area contributed by atoms with Gasteiger partial charge in [0.25, 0.3) is 0 Å². The molecule has 1 saturated carbocycles. The Morgan fingerprint density at radius 1 is 0.967 bits per heavy atom. The van der Waals surface area contributed by atoms with Crippen LogP contribution < -0.4 is 10.1 Å². The van der Waals surface area contributed by atoms with Gasteiger partial charge < -0.3 is 15.2 Å². The molecule has 4 heteroatoms. The Kier molecular flexibility index (Phi) is 7.54. The molecule has 0 aliphatic heterocycles. The summed E-state index contributed by atoms with van der Waals surface area (Å²) in [7, 11) is 0. The zero-order valence-electron chi connectivity index (χ0n) is 18.5. The molecule has 4 nitrogen and oxygen atoms in total. The first kappa shape index (κ1) is 22.4. The summed E-state index contributed by atoms with van der Waals surface area (Å²) in [5.74, 6) is 0.982. The fraction of sp³-hybridized carbons (Fsp3) is 0.500. The number of hydrogen-bond donors (Lipinski definition) is 2. The fourth-order valence-electron chi connectivity index (χ4n) is 4.21. The molecule has 30 heavy (non-hydrogen) atoms. The summed E-state index contributed by atoms with van der Waals surface area (Å²) in [5, 5.41) is 11.8. The number of rotatable bonds is 8. The topological polar surface area (TPSA) is 58.6 Å². The first-order valence-electron chi connectivity index (χ1n) is 11.1. The highest BCUT2D eigenvalue weighted by Crippen LogP contribution is 2.38. The van der Waals surface area contributed by atoms with Gasteiger partial charge in [-0.25, -0.2) is 0 Å². The third-order valence-electron chi connectivity index (χ3n) is 6.19. The molecule has 0 amide bonds. The quantitative estimate of drug-likeness (QED) is 0.533. The molecular weight excluding hydrogens is 374 g/mol. The number of hydrogen-bond acceptors (Lipinski definition) is 3. The van der Waals surface area contributed by atoms with E-state index in [0.29, 0.717) is 24.6 Å². The van der Waals surface area contributed by atoms with E-state index in [1.165, 1.54) is 24.0 Å². The van der Waals surface area contributed by atoms with Gasteiger partial charge in [0.1, 0.15) is 5.75 Å². The van der Waals surface area contributed by atoms with Crippen LogP contribution in [0.2, 0.25) is 0 Å². The maximum atomic E-state index is 10.5. The highest BCUT2D eigenvalue weighted by atomic mass is 16.5. The van der Waals surface area contributed by atoms with Gasteiger partial charge in [-0.05, 0) is 65.8 Å². The first-order valence-corrected chi connectivity index (χ1v) is 11.1. The molecule has 0 bridgehead atoms. The lowest BCUT2D eigenvalue weighted by molar-refractivity contribution is -0.136. The molecule has 0 heterocycles. The van der Waals surface area contributed by atoms with E-state index in [9.17, 15) is 4.79 Å². The SMILES string of the molecule is CC(C)(C)C1CCC(Oc2ccc(-c3ccc(CNCCC(=O)O)cc3)cc2)CC1. The second-order valence-corrected chi connectivity index (χ2v) is 9.50. The lowest BCUT2D eigenvalue weighted by Crippen LogP contribution is -2.30. The summed E-state index contributed by atoms with van der Waals surface area (Å²) in [6, 6.07) is 16.8. The van der Waals surface area contributed by atoms with E-state index in [1.54, 1.807) is 0 Å². The average Bonchev–Trinajstić information content (AvgIpc) is 2.72. The van der Waals surface area contributed by atoms with Crippen LogP contribution in [-0.4, -0.2) is 23.7 Å². The third-order valence-corrected chi connectivity index (χ3v) is 6.19. The van der Waals surface area contributed by atoms with Gasteiger partial charge in [0.2, 0.25) is 0 Å². The summed E-state index contributed by atoms with van der Waals surface area (Å²) in [6.45, 7) is 8.20. The van der Waals surface area contributed by atoms with Crippen molar-refractivity contribution in [3.63, 3.8) is 0 Å². The predicted octanol–water partition coefficient (Wildman–Crippen LogP) is 5.90. The molecule has 3 rings (SSSR count). The predicted molar refractivity (Wildman–Crippen MR) is 122 cm³/mol. The van der Waals surface area contributed by atoms with Gasteiger partial charge in [-0.1, -0.05) is 57.2 Å². The number of ether oxygens (including phenoxy) is 1. The van der Waals surface area contributed by atoms with Gasteiger partial charge in [-0.3, -0.25) is 4.79 Å². The second kappa shape index (κ2) is 10.1. The van der Waals surface area contributed by atoms with Gasteiger partial charge >= 0.3 is 5.97 Å². The largest absolute Gasteiger partial charge is 0.490 e. The van der Waals surface area contributed by atoms with Gasteiger partial charge in [-0.15, -0.1) is 0 Å². The Labute approximate surface area is 180 Å². The minimum atomic E-state index is -0.775. The molecule has 2 aromatic carbocycles. The van der Waals surface area contributed by atoms with Crippen molar-refractivity contribution in [1.29, 1.82) is 0 Å². The Morgan fingerprint density at radius 3 is 2.07 bits per heavy atom. The molecule has 2 N–H and O–H groups in total. The van der Waals surface area contributed by atoms with Crippen molar-refractivity contribution in [1.82, 2.24) is 5.32 Å². The smallest absolute Gasteiger partial charge is 0.304 e. The van der Waals surface area contributed by atoms with Crippen LogP contribution in [0, 0.1) is 11.3 Å². The van der Waals surface area contributed by atoms with Crippen molar-refractivity contribution in [3.05, 3.63) is 54.1 Å². The molecule has 162 valence electrons. The van der Waals surface area contributed by atoms with Crippen molar-refractivity contribution >= 4 is 5.97 Å². The van der Waals surface area contributed by atoms with Crippen LogP contribution in [-0.2, 0) is 11.3 Å². The summed E-state index contributed by atoms with van der Waals surface area (Å²) < 4.78 is 6.25. The molecule has 0 saturated heterocycles. The number of benzene rings is 2. The van der Waals surface area contributed by atoms with Crippen molar-refractivity contribution in [3.8, 4) is 16.9 Å². The van der Waals surface area contributed by atoms with E-state index in [0.717, 1.165) is 30.1 Å². The van der Waals surface area contributed by atoms with Crippen LogP contribution in [0.4, 0.5) is 0 Å². The van der Waals surface area contributed by atoms with Crippen molar-refractivity contribution in [2.45, 2.75) is 65.5 Å². The van der Waals surface area contributed by atoms with Gasteiger partial charge in [-0.2, -0.15) is 0 Å². The molecule has 2 aromatic rings. The number of carbonyl (C=O) groups is 1. The zero-order chi connectivity index (χ0) is 21.6. The Bertz CT molecular complexity index is 798. The van der Waals surface area contributed by atoms with Crippen LogP contribution in [0.1, 0.15) is 58.4 Å². The molecular formula is C26H35NO3. The normalized spacial score (nSPS) is 19.4. The van der Waals surface area contributed by atoms with Crippen molar-refractivity contribution in [2.75, 3.05) is 6.54 Å². The molecule has 1 fully saturated rings. The van der Waals surface area contributed by atoms with E-state index in [2.05, 4.69) is 74.6 Å². The number of aliphatic carboxylic acids is 1. The maximum absolute atomic E-state index is 10.5. The van der Waals surface area contributed by atoms with E-state index in [-0.39, 0.29) is 6.42 Å². The fourth-order valence-corrected chi connectivity index (χ4v) is 4.21. The lowest BCUT2D eigenvalue weighted by Gasteiger charge is -2.36. The molecule has 1 aliphatic carbocycles. The minimum absolute atomic E-state index is 0.143. The van der Waals surface area contributed by atoms with Gasteiger partial charge in [0.05, 0.1) is 12.5 Å². The summed E-state index contributed by atoms with van der Waals surface area (Å²) in [6.07, 6.45) is 5.28. The lowest BCUT2D eigenvalue weighted by atomic mass is 9.72. The number of carboxylic acids is 1. The monoisotopic (exact) mass is 409 g/mol. The second-order valence-electron chi connectivity index (χ2n) is 9.50. The number of nitrogens with one attached hydrogen (secondary N) is 1. The van der Waals surface area contributed by atoms with Crippen molar-refractivity contribution < 1.29 is 14.6 Å². The summed E-state index contributed by atoms with van der Waals surface area (Å²) >= 11 is 0. The van der Waals surface area contributed by atoms with Crippen LogP contribution >= 0.6 is 0 Å². The molecule has 0 aromatic heterocycles. The maximum Gasteiger partial charge on any atom is 0.304 e. The Morgan fingerprint density at radius 2 is 1.53 bits per heavy atom. The van der Waals surface area contributed by atoms with E-state index in [1.807, 2.05) is 0 Å². The Hall–Kier alpha value is -2.33. The zero-order valence-corrected chi connectivity index (χ0v) is 18.5. The summed E-state index contributed by atoms with van der Waals surface area (Å²) in [4.78, 5) is 10.5. The van der Waals surface area contributed by atoms with E-state index >= 15 is 0 Å². The molecule has 0 unspecified atom stereocenters. The summed E-state index contributed by atoms with van der Waals surface area (Å²) in [5.41, 5.74) is 3.89. The highest BCUT2D eigenvalue weighted by Gasteiger charge is 2.30. The molecule has 1 aliphatic rings. The van der Waals surface area contributed by atoms with Crippen LogP contribution in [0.5, 0.6) is 5.75 Å². The van der Waals surface area contributed by atoms with Crippen LogP contribution in [0.3, 0.4) is 0 Å². The average molecular weight is 410 g/mol. The standard InChI is InChI=1S/C26H35NO3/c1-26(2,3)22-10-14-24(15-11-22)30-23-12-8-21(9-13-23)20-6-4-19(5-7-20)18-27-17-16-25(28)29/h4-9,12-13,22,24,27H,10-11,14-18H2,1-3H3,(H,28,29). The van der Waals surface area contributed by atoms with Crippen molar-refractivity contribution in [2.24, 2.45) is 11.3 Å². The molecule has 0 atom stereocenters. The molecule has 0 spiro atoms.